The SMILES string of the molecule is CC(C)Cn1cc(-c2ccc(C(=C[C@H]3CCC(=O)N3)c3ccc(C(C)(C)C)cc3)[nH]c2=O)cn1. The number of aromatic amines is 1. The van der Waals surface area contributed by atoms with Gasteiger partial charge in [0.1, 0.15) is 0 Å². The van der Waals surface area contributed by atoms with Crippen molar-refractivity contribution in [3.8, 4) is 11.1 Å². The summed E-state index contributed by atoms with van der Waals surface area (Å²) >= 11 is 0. The first kappa shape index (κ1) is 23.7. The third-order valence-electron chi connectivity index (χ3n) is 6.15. The average molecular weight is 459 g/mol. The van der Waals surface area contributed by atoms with Gasteiger partial charge >= 0.3 is 0 Å². The van der Waals surface area contributed by atoms with Crippen LogP contribution >= 0.6 is 0 Å². The molecule has 2 N–H and O–H groups in total. The van der Waals surface area contributed by atoms with E-state index in [0.29, 0.717) is 17.9 Å². The Morgan fingerprint density at radius 1 is 1.15 bits per heavy atom. The summed E-state index contributed by atoms with van der Waals surface area (Å²) in [6, 6.07) is 12.2. The fourth-order valence-corrected chi connectivity index (χ4v) is 4.29. The average Bonchev–Trinajstić information content (AvgIpc) is 3.39. The number of carbonyl (C=O) groups is 1. The normalized spacial score (nSPS) is 16.8. The number of pyridine rings is 1. The number of nitrogens with zero attached hydrogens (tertiary/aromatic N) is 2. The number of carbonyl (C=O) groups excluding carboxylic acids is 1. The van der Waals surface area contributed by atoms with Gasteiger partial charge in [0.25, 0.3) is 5.56 Å². The quantitative estimate of drug-likeness (QED) is 0.551. The smallest absolute Gasteiger partial charge is 0.256 e. The van der Waals surface area contributed by atoms with E-state index in [4.69, 9.17) is 0 Å². The van der Waals surface area contributed by atoms with Crippen LogP contribution in [0.15, 0.2) is 59.7 Å². The van der Waals surface area contributed by atoms with Gasteiger partial charge in [-0.2, -0.15) is 5.10 Å². The third-order valence-corrected chi connectivity index (χ3v) is 6.15. The largest absolute Gasteiger partial charge is 0.350 e. The highest BCUT2D eigenvalue weighted by molar-refractivity contribution is 5.82. The Balaban J connectivity index is 1.71. The first-order valence-corrected chi connectivity index (χ1v) is 12.0. The minimum Gasteiger partial charge on any atom is -0.350 e. The van der Waals surface area contributed by atoms with Crippen molar-refractivity contribution < 1.29 is 4.79 Å². The van der Waals surface area contributed by atoms with Crippen molar-refractivity contribution in [2.24, 2.45) is 5.92 Å². The zero-order valence-electron chi connectivity index (χ0n) is 20.7. The molecular formula is C28H34N4O2. The molecule has 0 radical (unpaired) electrons. The zero-order chi connectivity index (χ0) is 24.5. The lowest BCUT2D eigenvalue weighted by molar-refractivity contribution is -0.119. The van der Waals surface area contributed by atoms with Gasteiger partial charge in [0.2, 0.25) is 5.91 Å². The number of H-pyrrole nitrogens is 1. The molecule has 1 fully saturated rings. The molecule has 0 unspecified atom stereocenters. The third kappa shape index (κ3) is 5.38. The van der Waals surface area contributed by atoms with Gasteiger partial charge in [-0.15, -0.1) is 0 Å². The highest BCUT2D eigenvalue weighted by Gasteiger charge is 2.21. The van der Waals surface area contributed by atoms with E-state index >= 15 is 0 Å². The van der Waals surface area contributed by atoms with Gasteiger partial charge in [0, 0.05) is 42.0 Å². The van der Waals surface area contributed by atoms with Crippen LogP contribution in [0.4, 0.5) is 0 Å². The maximum atomic E-state index is 13.1. The molecule has 34 heavy (non-hydrogen) atoms. The van der Waals surface area contributed by atoms with E-state index < -0.39 is 0 Å². The van der Waals surface area contributed by atoms with Crippen molar-refractivity contribution >= 4 is 11.5 Å². The maximum absolute atomic E-state index is 13.1. The summed E-state index contributed by atoms with van der Waals surface area (Å²) in [5.41, 5.74) is 5.17. The van der Waals surface area contributed by atoms with Crippen molar-refractivity contribution in [2.75, 3.05) is 0 Å². The van der Waals surface area contributed by atoms with Crippen molar-refractivity contribution in [3.05, 3.63) is 82.0 Å². The van der Waals surface area contributed by atoms with Crippen LogP contribution in [0.25, 0.3) is 16.7 Å². The molecule has 6 heteroatoms. The molecule has 0 aliphatic carbocycles. The number of benzene rings is 1. The Morgan fingerprint density at radius 2 is 1.88 bits per heavy atom. The molecule has 3 heterocycles. The van der Waals surface area contributed by atoms with Crippen LogP contribution in [0.2, 0.25) is 0 Å². The Morgan fingerprint density at radius 3 is 2.47 bits per heavy atom. The molecule has 0 spiro atoms. The summed E-state index contributed by atoms with van der Waals surface area (Å²) in [6.07, 6.45) is 6.98. The molecule has 1 saturated heterocycles. The second-order valence-corrected chi connectivity index (χ2v) is 10.6. The van der Waals surface area contributed by atoms with E-state index in [1.807, 2.05) is 23.0 Å². The summed E-state index contributed by atoms with van der Waals surface area (Å²) in [6.45, 7) is 11.6. The lowest BCUT2D eigenvalue weighted by Crippen LogP contribution is -2.23. The van der Waals surface area contributed by atoms with E-state index in [9.17, 15) is 9.59 Å². The number of hydrogen-bond donors (Lipinski definition) is 2. The molecule has 178 valence electrons. The predicted octanol–water partition coefficient (Wildman–Crippen LogP) is 4.90. The summed E-state index contributed by atoms with van der Waals surface area (Å²) in [5, 5.41) is 7.41. The standard InChI is InChI=1S/C28H34N4O2/c1-18(2)16-32-17-20(15-29-32)23-11-12-25(31-27(23)34)24(14-22-10-13-26(33)30-22)19-6-8-21(9-7-19)28(3,4)5/h6-9,11-12,14-15,17-18,22H,10,13,16H2,1-5H3,(H,30,33)(H,31,34)/t22-/m1/s1. The molecule has 0 saturated carbocycles. The maximum Gasteiger partial charge on any atom is 0.256 e. The van der Waals surface area contributed by atoms with Crippen LogP contribution < -0.4 is 10.9 Å². The fraction of sp³-hybridized carbons (Fsp3) is 0.393. The Hall–Kier alpha value is -3.41. The second-order valence-electron chi connectivity index (χ2n) is 10.6. The molecule has 0 bridgehead atoms. The van der Waals surface area contributed by atoms with E-state index in [1.54, 1.807) is 6.20 Å². The molecular weight excluding hydrogens is 424 g/mol. The Bertz CT molecular complexity index is 1260. The number of rotatable bonds is 6. The van der Waals surface area contributed by atoms with Crippen molar-refractivity contribution in [1.82, 2.24) is 20.1 Å². The summed E-state index contributed by atoms with van der Waals surface area (Å²) < 4.78 is 1.87. The van der Waals surface area contributed by atoms with Crippen LogP contribution in [0, 0.1) is 5.92 Å². The van der Waals surface area contributed by atoms with Crippen LogP contribution in [0.5, 0.6) is 0 Å². The fourth-order valence-electron chi connectivity index (χ4n) is 4.29. The van der Waals surface area contributed by atoms with Gasteiger partial charge in [0.05, 0.1) is 11.8 Å². The number of aromatic nitrogens is 3. The summed E-state index contributed by atoms with van der Waals surface area (Å²) in [5.74, 6) is 0.535. The summed E-state index contributed by atoms with van der Waals surface area (Å²) in [4.78, 5) is 28.0. The van der Waals surface area contributed by atoms with E-state index in [1.165, 1.54) is 5.56 Å². The van der Waals surface area contributed by atoms with Crippen LogP contribution in [0.1, 0.15) is 64.3 Å². The molecule has 1 aliphatic heterocycles. The monoisotopic (exact) mass is 458 g/mol. The minimum atomic E-state index is -0.158. The van der Waals surface area contributed by atoms with E-state index in [2.05, 4.69) is 80.4 Å². The molecule has 1 aromatic carbocycles. The predicted molar refractivity (Wildman–Crippen MR) is 137 cm³/mol. The minimum absolute atomic E-state index is 0.0534. The lowest BCUT2D eigenvalue weighted by Gasteiger charge is -2.20. The second kappa shape index (κ2) is 9.45. The summed E-state index contributed by atoms with van der Waals surface area (Å²) in [7, 11) is 0. The van der Waals surface area contributed by atoms with Gasteiger partial charge < -0.3 is 10.3 Å². The molecule has 1 aliphatic rings. The van der Waals surface area contributed by atoms with Gasteiger partial charge in [-0.3, -0.25) is 14.3 Å². The molecule has 2 aromatic heterocycles. The van der Waals surface area contributed by atoms with Crippen molar-refractivity contribution in [2.45, 2.75) is 65.5 Å². The van der Waals surface area contributed by atoms with Crippen LogP contribution in [-0.4, -0.2) is 26.7 Å². The highest BCUT2D eigenvalue weighted by atomic mass is 16.2. The van der Waals surface area contributed by atoms with E-state index in [0.717, 1.165) is 35.4 Å². The van der Waals surface area contributed by atoms with Crippen LogP contribution in [-0.2, 0) is 16.8 Å². The number of nitrogens with one attached hydrogen (secondary N) is 2. The Kier molecular flexibility index (Phi) is 6.60. The highest BCUT2D eigenvalue weighted by Crippen LogP contribution is 2.28. The van der Waals surface area contributed by atoms with Gasteiger partial charge in [-0.05, 0) is 41.0 Å². The van der Waals surface area contributed by atoms with Gasteiger partial charge in [-0.25, -0.2) is 0 Å². The first-order chi connectivity index (χ1) is 16.1. The van der Waals surface area contributed by atoms with Crippen molar-refractivity contribution in [1.29, 1.82) is 0 Å². The van der Waals surface area contributed by atoms with Gasteiger partial charge in [0.15, 0.2) is 0 Å². The lowest BCUT2D eigenvalue weighted by atomic mass is 9.86. The van der Waals surface area contributed by atoms with Gasteiger partial charge in [-0.1, -0.05) is 65.0 Å². The molecule has 4 rings (SSSR count). The molecule has 1 amide bonds. The number of amides is 1. The molecule has 1 atom stereocenters. The van der Waals surface area contributed by atoms with E-state index in [-0.39, 0.29) is 22.9 Å². The first-order valence-electron chi connectivity index (χ1n) is 12.0. The zero-order valence-corrected chi connectivity index (χ0v) is 20.7. The van der Waals surface area contributed by atoms with Crippen LogP contribution in [0.3, 0.4) is 0 Å². The van der Waals surface area contributed by atoms with Crippen molar-refractivity contribution in [3.63, 3.8) is 0 Å². The molecule has 6 nitrogen and oxygen atoms in total. The topological polar surface area (TPSA) is 79.8 Å². The number of hydrogen-bond acceptors (Lipinski definition) is 3. The Labute approximate surface area is 201 Å². The molecule has 3 aromatic rings.